The zero-order valence-corrected chi connectivity index (χ0v) is 16.2. The number of morpholine rings is 1. The number of amides is 2. The van der Waals surface area contributed by atoms with Crippen LogP contribution in [0.4, 0.5) is 4.79 Å². The van der Waals surface area contributed by atoms with Gasteiger partial charge in [-0.05, 0) is 27.2 Å². The number of ether oxygens (including phenoxy) is 2. The average Bonchev–Trinajstić information content (AvgIpc) is 2.77. The molecule has 2 amide bonds. The van der Waals surface area contributed by atoms with Crippen molar-refractivity contribution in [3.63, 3.8) is 0 Å². The number of fused-ring (bicyclic) bond motifs is 1. The number of nitrogens with zero attached hydrogens (tertiary/aromatic N) is 4. The van der Waals surface area contributed by atoms with Crippen LogP contribution >= 0.6 is 11.6 Å². The third-order valence-electron chi connectivity index (χ3n) is 4.28. The lowest BCUT2D eigenvalue weighted by molar-refractivity contribution is 0.0236. The van der Waals surface area contributed by atoms with Crippen molar-refractivity contribution in [2.75, 3.05) is 32.8 Å². The highest BCUT2D eigenvalue weighted by Crippen LogP contribution is 2.27. The second-order valence-corrected chi connectivity index (χ2v) is 7.87. The molecule has 0 bridgehead atoms. The van der Waals surface area contributed by atoms with Crippen molar-refractivity contribution in [3.05, 3.63) is 16.4 Å². The molecule has 2 aliphatic heterocycles. The predicted molar refractivity (Wildman–Crippen MR) is 95.2 cm³/mol. The molecule has 3 heterocycles. The molecule has 0 unspecified atom stereocenters. The predicted octanol–water partition coefficient (Wildman–Crippen LogP) is 2.15. The van der Waals surface area contributed by atoms with E-state index in [0.29, 0.717) is 50.1 Å². The van der Waals surface area contributed by atoms with Crippen LogP contribution in [0.5, 0.6) is 0 Å². The van der Waals surface area contributed by atoms with Gasteiger partial charge in [-0.2, -0.15) is 5.10 Å². The van der Waals surface area contributed by atoms with Crippen molar-refractivity contribution in [3.8, 4) is 0 Å². The molecule has 3 rings (SSSR count). The van der Waals surface area contributed by atoms with E-state index in [-0.39, 0.29) is 24.2 Å². The standard InChI is InChI=1S/C17H25ClN4O4/c1-17(2,3)26-16(24)21-5-4-6-22-12(11-21)13(18)14(19-22)15(23)20-7-9-25-10-8-20/h4-11H2,1-3H3. The lowest BCUT2D eigenvalue weighted by Gasteiger charge is -2.26. The van der Waals surface area contributed by atoms with E-state index >= 15 is 0 Å². The highest BCUT2D eigenvalue weighted by atomic mass is 35.5. The summed E-state index contributed by atoms with van der Waals surface area (Å²) in [5.41, 5.74) is 0.353. The van der Waals surface area contributed by atoms with Gasteiger partial charge in [-0.15, -0.1) is 0 Å². The summed E-state index contributed by atoms with van der Waals surface area (Å²) >= 11 is 6.49. The Morgan fingerprint density at radius 2 is 1.81 bits per heavy atom. The Morgan fingerprint density at radius 3 is 2.46 bits per heavy atom. The van der Waals surface area contributed by atoms with Crippen molar-refractivity contribution in [2.45, 2.75) is 45.9 Å². The van der Waals surface area contributed by atoms with Gasteiger partial charge in [0.2, 0.25) is 0 Å². The van der Waals surface area contributed by atoms with Gasteiger partial charge in [0.1, 0.15) is 5.60 Å². The lowest BCUT2D eigenvalue weighted by atomic mass is 10.2. The molecule has 0 radical (unpaired) electrons. The molecule has 144 valence electrons. The van der Waals surface area contributed by atoms with E-state index in [2.05, 4.69) is 5.10 Å². The Hall–Kier alpha value is -1.80. The van der Waals surface area contributed by atoms with Gasteiger partial charge in [0.05, 0.1) is 30.5 Å². The smallest absolute Gasteiger partial charge is 0.410 e. The van der Waals surface area contributed by atoms with Crippen LogP contribution in [-0.2, 0) is 22.6 Å². The molecule has 1 saturated heterocycles. The minimum atomic E-state index is -0.565. The molecule has 1 aromatic rings. The summed E-state index contributed by atoms with van der Waals surface area (Å²) in [6.07, 6.45) is 0.333. The minimum Gasteiger partial charge on any atom is -0.444 e. The lowest BCUT2D eigenvalue weighted by Crippen LogP contribution is -2.41. The van der Waals surface area contributed by atoms with Gasteiger partial charge in [0.15, 0.2) is 5.69 Å². The normalized spacial score (nSPS) is 18.3. The van der Waals surface area contributed by atoms with Crippen LogP contribution in [0.25, 0.3) is 0 Å². The van der Waals surface area contributed by atoms with E-state index in [1.807, 2.05) is 20.8 Å². The van der Waals surface area contributed by atoms with Crippen molar-refractivity contribution < 1.29 is 19.1 Å². The van der Waals surface area contributed by atoms with E-state index in [0.717, 1.165) is 6.42 Å². The third-order valence-corrected chi connectivity index (χ3v) is 4.68. The molecule has 0 saturated carbocycles. The molecule has 26 heavy (non-hydrogen) atoms. The molecule has 0 aromatic carbocycles. The Bertz CT molecular complexity index is 692. The van der Waals surface area contributed by atoms with Gasteiger partial charge in [-0.3, -0.25) is 9.48 Å². The first-order valence-corrected chi connectivity index (χ1v) is 9.24. The molecule has 1 fully saturated rings. The van der Waals surface area contributed by atoms with Gasteiger partial charge in [0.25, 0.3) is 5.91 Å². The number of rotatable bonds is 1. The number of hydrogen-bond acceptors (Lipinski definition) is 5. The summed E-state index contributed by atoms with van der Waals surface area (Å²) in [5.74, 6) is -0.192. The first kappa shape index (κ1) is 19.0. The fourth-order valence-electron chi connectivity index (χ4n) is 3.02. The second kappa shape index (κ2) is 7.44. The van der Waals surface area contributed by atoms with Crippen LogP contribution in [0.3, 0.4) is 0 Å². The topological polar surface area (TPSA) is 76.9 Å². The molecule has 1 aromatic heterocycles. The zero-order chi connectivity index (χ0) is 18.9. The maximum atomic E-state index is 12.7. The molecule has 0 aliphatic carbocycles. The van der Waals surface area contributed by atoms with Crippen LogP contribution in [0.15, 0.2) is 0 Å². The van der Waals surface area contributed by atoms with Crippen molar-refractivity contribution in [1.29, 1.82) is 0 Å². The van der Waals surface area contributed by atoms with E-state index in [9.17, 15) is 9.59 Å². The van der Waals surface area contributed by atoms with Crippen LogP contribution in [0.2, 0.25) is 5.02 Å². The first-order valence-electron chi connectivity index (χ1n) is 8.86. The number of carbonyl (C=O) groups is 2. The number of hydrogen-bond donors (Lipinski definition) is 0. The first-order chi connectivity index (χ1) is 12.3. The summed E-state index contributed by atoms with van der Waals surface area (Å²) in [7, 11) is 0. The number of aryl methyl sites for hydroxylation is 1. The van der Waals surface area contributed by atoms with Crippen LogP contribution in [0, 0.1) is 0 Å². The number of aromatic nitrogens is 2. The van der Waals surface area contributed by atoms with Gasteiger partial charge in [0, 0.05) is 26.2 Å². The molecule has 9 heteroatoms. The Morgan fingerprint density at radius 1 is 1.12 bits per heavy atom. The van der Waals surface area contributed by atoms with E-state index < -0.39 is 5.60 Å². The Labute approximate surface area is 158 Å². The van der Waals surface area contributed by atoms with Crippen LogP contribution in [0.1, 0.15) is 43.4 Å². The summed E-state index contributed by atoms with van der Waals surface area (Å²) < 4.78 is 12.5. The summed E-state index contributed by atoms with van der Waals surface area (Å²) in [5, 5.41) is 4.74. The number of halogens is 1. The minimum absolute atomic E-state index is 0.192. The van der Waals surface area contributed by atoms with Crippen LogP contribution < -0.4 is 0 Å². The number of carbonyl (C=O) groups excluding carboxylic acids is 2. The Balaban J connectivity index is 1.80. The molecular weight excluding hydrogens is 360 g/mol. The fraction of sp³-hybridized carbons (Fsp3) is 0.706. The molecule has 0 atom stereocenters. The molecule has 0 spiro atoms. The highest BCUT2D eigenvalue weighted by Gasteiger charge is 2.31. The molecule has 8 nitrogen and oxygen atoms in total. The monoisotopic (exact) mass is 384 g/mol. The SMILES string of the molecule is CC(C)(C)OC(=O)N1CCCn2nc(C(=O)N3CCOCC3)c(Cl)c2C1. The third kappa shape index (κ3) is 4.12. The summed E-state index contributed by atoms with van der Waals surface area (Å²) in [4.78, 5) is 28.5. The Kier molecular flexibility index (Phi) is 5.43. The quantitative estimate of drug-likeness (QED) is 0.741. The molecule has 0 N–H and O–H groups in total. The van der Waals surface area contributed by atoms with E-state index in [4.69, 9.17) is 21.1 Å². The zero-order valence-electron chi connectivity index (χ0n) is 15.5. The second-order valence-electron chi connectivity index (χ2n) is 7.49. The molecule has 2 aliphatic rings. The van der Waals surface area contributed by atoms with E-state index in [1.54, 1.807) is 14.5 Å². The van der Waals surface area contributed by atoms with Gasteiger partial charge in [-0.1, -0.05) is 11.6 Å². The highest BCUT2D eigenvalue weighted by molar-refractivity contribution is 6.34. The van der Waals surface area contributed by atoms with Crippen molar-refractivity contribution >= 4 is 23.6 Å². The van der Waals surface area contributed by atoms with Crippen molar-refractivity contribution in [1.82, 2.24) is 19.6 Å². The fourth-order valence-corrected chi connectivity index (χ4v) is 3.29. The summed E-state index contributed by atoms with van der Waals surface area (Å²) in [6, 6.07) is 0. The maximum Gasteiger partial charge on any atom is 0.410 e. The molecular formula is C17H25ClN4O4. The summed E-state index contributed by atoms with van der Waals surface area (Å²) in [6.45, 7) is 9.02. The van der Waals surface area contributed by atoms with E-state index in [1.165, 1.54) is 0 Å². The van der Waals surface area contributed by atoms with Crippen molar-refractivity contribution in [2.24, 2.45) is 0 Å². The maximum absolute atomic E-state index is 12.7. The van der Waals surface area contributed by atoms with Gasteiger partial charge < -0.3 is 19.3 Å². The van der Waals surface area contributed by atoms with Gasteiger partial charge in [-0.25, -0.2) is 4.79 Å². The largest absolute Gasteiger partial charge is 0.444 e. The van der Waals surface area contributed by atoms with Gasteiger partial charge >= 0.3 is 6.09 Å². The van der Waals surface area contributed by atoms with Crippen LogP contribution in [-0.4, -0.2) is 70.0 Å². The average molecular weight is 385 g/mol.